The number of benzene rings is 2. The maximum Gasteiger partial charge on any atom is 0.220 e. The average Bonchev–Trinajstić information content (AvgIpc) is 2.90. The largest absolute Gasteiger partial charge is 0.470 e. The Morgan fingerprint density at radius 2 is 1.09 bits per heavy atom. The Morgan fingerprint density at radius 1 is 0.706 bits per heavy atom. The van der Waals surface area contributed by atoms with Gasteiger partial charge in [-0.05, 0) is 36.9 Å². The summed E-state index contributed by atoms with van der Waals surface area (Å²) < 4.78 is 37.9. The van der Waals surface area contributed by atoms with Crippen molar-refractivity contribution in [2.45, 2.75) is 37.0 Å². The summed E-state index contributed by atoms with van der Waals surface area (Å²) in [6.45, 7) is 0.558. The molecule has 0 N–H and O–H groups in total. The number of hydrogen-bond donors (Lipinski definition) is 0. The summed E-state index contributed by atoms with van der Waals surface area (Å²) in [6, 6.07) is 19.5. The molecule has 4 rings (SSSR count). The zero-order valence-corrected chi connectivity index (χ0v) is 22.0. The highest BCUT2D eigenvalue weighted by Gasteiger charge is 2.48. The van der Waals surface area contributed by atoms with Crippen molar-refractivity contribution in [3.05, 3.63) is 71.8 Å². The van der Waals surface area contributed by atoms with Gasteiger partial charge < -0.3 is 28.4 Å². The van der Waals surface area contributed by atoms with Crippen molar-refractivity contribution < 1.29 is 28.4 Å². The minimum atomic E-state index is -0.580. The van der Waals surface area contributed by atoms with Gasteiger partial charge in [0.2, 0.25) is 8.77 Å². The molecule has 0 amide bonds. The Labute approximate surface area is 219 Å². The van der Waals surface area contributed by atoms with Gasteiger partial charge in [-0.1, -0.05) is 84.2 Å². The predicted octanol–water partition coefficient (Wildman–Crippen LogP) is 5.28. The molecule has 0 aromatic heterocycles. The molecule has 2 unspecified atom stereocenters. The van der Waals surface area contributed by atoms with E-state index in [1.165, 1.54) is 23.5 Å². The Hall–Kier alpha value is -1.24. The first-order chi connectivity index (χ1) is 16.6. The molecule has 6 nitrogen and oxygen atoms in total. The van der Waals surface area contributed by atoms with Gasteiger partial charge in [0.25, 0.3) is 0 Å². The van der Waals surface area contributed by atoms with E-state index in [2.05, 4.69) is 0 Å². The maximum atomic E-state index is 6.47. The molecule has 2 heterocycles. The van der Waals surface area contributed by atoms with Gasteiger partial charge >= 0.3 is 0 Å². The van der Waals surface area contributed by atoms with Gasteiger partial charge in [-0.25, -0.2) is 0 Å². The molecule has 182 valence electrons. The molecule has 34 heavy (non-hydrogen) atoms. The summed E-state index contributed by atoms with van der Waals surface area (Å²) in [7, 11) is 0. The fourth-order valence-electron chi connectivity index (χ4n) is 3.79. The van der Waals surface area contributed by atoms with Gasteiger partial charge in [-0.3, -0.25) is 0 Å². The molecule has 6 atom stereocenters. The van der Waals surface area contributed by atoms with Crippen molar-refractivity contribution in [3.8, 4) is 0 Å². The first kappa shape index (κ1) is 25.8. The fraction of sp³-hybridized carbons (Fsp3) is 0.417. The Morgan fingerprint density at radius 3 is 1.44 bits per heavy atom. The van der Waals surface area contributed by atoms with Crippen LogP contribution in [0.15, 0.2) is 60.7 Å². The van der Waals surface area contributed by atoms with Crippen molar-refractivity contribution in [2.24, 2.45) is 0 Å². The van der Waals surface area contributed by atoms with E-state index in [1.54, 1.807) is 0 Å². The molecule has 10 heteroatoms. The molecular weight excluding hydrogens is 513 g/mol. The van der Waals surface area contributed by atoms with Crippen LogP contribution in [0.4, 0.5) is 0 Å². The first-order valence-corrected chi connectivity index (χ1v) is 14.0. The summed E-state index contributed by atoms with van der Waals surface area (Å²) in [6.07, 6.45) is 0.499. The van der Waals surface area contributed by atoms with Crippen LogP contribution in [-0.2, 0) is 28.4 Å². The van der Waals surface area contributed by atoms with Crippen LogP contribution in [-0.4, -0.2) is 58.9 Å². The van der Waals surface area contributed by atoms with E-state index in [0.29, 0.717) is 8.77 Å². The standard InChI is InChI=1S/C24H26O6S4/c1-33-23(31)27-17-13-25-21(15-9-5-3-6-10-15)29-19(17)20-18(28-24(32)34-2)14-26-22(30-20)16-11-7-4-8-12-16/h3-12,17-22H,13-14H2,1-2H3/t17-,18-,19-,20-,21?,22?/m1/s1. The normalized spacial score (nSPS) is 29.2. The molecule has 0 bridgehead atoms. The second kappa shape index (κ2) is 12.6. The van der Waals surface area contributed by atoms with E-state index in [-0.39, 0.29) is 13.2 Å². The highest BCUT2D eigenvalue weighted by Crippen LogP contribution is 2.37. The highest BCUT2D eigenvalue weighted by molar-refractivity contribution is 8.22. The minimum Gasteiger partial charge on any atom is -0.470 e. The van der Waals surface area contributed by atoms with Gasteiger partial charge in [0.05, 0.1) is 13.2 Å². The monoisotopic (exact) mass is 538 g/mol. The van der Waals surface area contributed by atoms with E-state index >= 15 is 0 Å². The molecule has 2 aliphatic heterocycles. The van der Waals surface area contributed by atoms with Crippen LogP contribution >= 0.6 is 48.0 Å². The van der Waals surface area contributed by atoms with Crippen molar-refractivity contribution in [1.82, 2.24) is 0 Å². The quantitative estimate of drug-likeness (QED) is 0.470. The third-order valence-electron chi connectivity index (χ3n) is 5.41. The number of ether oxygens (including phenoxy) is 6. The lowest BCUT2D eigenvalue weighted by Gasteiger charge is -2.45. The summed E-state index contributed by atoms with van der Waals surface area (Å²) in [5.74, 6) is 0. The van der Waals surface area contributed by atoms with Crippen molar-refractivity contribution in [3.63, 3.8) is 0 Å². The first-order valence-electron chi connectivity index (χ1n) is 10.7. The lowest BCUT2D eigenvalue weighted by molar-refractivity contribution is -0.327. The summed E-state index contributed by atoms with van der Waals surface area (Å²) in [4.78, 5) is 0. The van der Waals surface area contributed by atoms with Crippen LogP contribution in [0.3, 0.4) is 0 Å². The number of thioether (sulfide) groups is 2. The minimum absolute atomic E-state index is 0.279. The van der Waals surface area contributed by atoms with Crippen molar-refractivity contribution in [2.75, 3.05) is 25.7 Å². The van der Waals surface area contributed by atoms with Gasteiger partial charge in [-0.2, -0.15) is 0 Å². The summed E-state index contributed by atoms with van der Waals surface area (Å²) in [5.41, 5.74) is 1.81. The van der Waals surface area contributed by atoms with Crippen LogP contribution in [0.25, 0.3) is 0 Å². The van der Waals surface area contributed by atoms with Crippen LogP contribution in [0.2, 0.25) is 0 Å². The lowest BCUT2D eigenvalue weighted by atomic mass is 10.00. The van der Waals surface area contributed by atoms with E-state index in [9.17, 15) is 0 Å². The molecule has 2 aromatic carbocycles. The molecule has 2 saturated heterocycles. The van der Waals surface area contributed by atoms with Gasteiger partial charge in [0.15, 0.2) is 24.8 Å². The van der Waals surface area contributed by atoms with E-state index < -0.39 is 37.0 Å². The Kier molecular flexibility index (Phi) is 9.61. The molecule has 0 radical (unpaired) electrons. The van der Waals surface area contributed by atoms with Gasteiger partial charge in [-0.15, -0.1) is 0 Å². The van der Waals surface area contributed by atoms with Crippen LogP contribution in [0.5, 0.6) is 0 Å². The van der Waals surface area contributed by atoms with E-state index in [4.69, 9.17) is 52.9 Å². The van der Waals surface area contributed by atoms with Crippen LogP contribution in [0.1, 0.15) is 23.7 Å². The van der Waals surface area contributed by atoms with Gasteiger partial charge in [0, 0.05) is 11.1 Å². The highest BCUT2D eigenvalue weighted by atomic mass is 32.2. The average molecular weight is 539 g/mol. The zero-order chi connectivity index (χ0) is 23.9. The van der Waals surface area contributed by atoms with E-state index in [0.717, 1.165) is 11.1 Å². The molecule has 0 aliphatic carbocycles. The van der Waals surface area contributed by atoms with Gasteiger partial charge in [0.1, 0.15) is 12.2 Å². The Balaban J connectivity index is 1.63. The number of hydrogen-bond acceptors (Lipinski definition) is 10. The molecule has 0 saturated carbocycles. The maximum absolute atomic E-state index is 6.47. The Bertz CT molecular complexity index is 869. The molecule has 2 aliphatic rings. The van der Waals surface area contributed by atoms with Crippen molar-refractivity contribution >= 4 is 56.7 Å². The second-order valence-electron chi connectivity index (χ2n) is 7.57. The molecule has 2 fully saturated rings. The topological polar surface area (TPSA) is 55.4 Å². The number of thiocarbonyl (C=S) groups is 2. The zero-order valence-electron chi connectivity index (χ0n) is 18.7. The SMILES string of the molecule is CSC(=S)O[C@@H]1COC(c2ccccc2)O[C@H]1[C@@H]1OC(c2ccccc2)OC[C@H]1OC(=S)SC. The summed E-state index contributed by atoms with van der Waals surface area (Å²) in [5, 5.41) is 0. The predicted molar refractivity (Wildman–Crippen MR) is 142 cm³/mol. The van der Waals surface area contributed by atoms with E-state index in [1.807, 2.05) is 73.2 Å². The second-order valence-corrected chi connectivity index (χ2v) is 10.4. The molecule has 2 aromatic rings. The lowest BCUT2D eigenvalue weighted by Crippen LogP contribution is -2.57. The fourth-order valence-corrected chi connectivity index (χ4v) is 4.47. The third kappa shape index (κ3) is 6.50. The van der Waals surface area contributed by atoms with Crippen LogP contribution < -0.4 is 0 Å². The summed E-state index contributed by atoms with van der Waals surface area (Å²) >= 11 is 13.4. The molecular formula is C24H26O6S4. The molecule has 0 spiro atoms. The van der Waals surface area contributed by atoms with Crippen LogP contribution in [0, 0.1) is 0 Å². The smallest absolute Gasteiger partial charge is 0.220 e. The van der Waals surface area contributed by atoms with Crippen molar-refractivity contribution in [1.29, 1.82) is 0 Å². The third-order valence-corrected chi connectivity index (χ3v) is 7.47. The number of rotatable bonds is 5.